The van der Waals surface area contributed by atoms with Crippen LogP contribution in [0.3, 0.4) is 0 Å². The van der Waals surface area contributed by atoms with E-state index in [1.807, 2.05) is 30.0 Å². The Bertz CT molecular complexity index is 1740. The number of H-pyrrole nitrogens is 2. The van der Waals surface area contributed by atoms with E-state index in [-0.39, 0.29) is 41.3 Å². The second-order valence-corrected chi connectivity index (χ2v) is 10.6. The number of piperidine rings is 1. The Labute approximate surface area is 228 Å². The van der Waals surface area contributed by atoms with Crippen molar-refractivity contribution < 1.29 is 9.59 Å². The molecule has 5 aromatic rings. The summed E-state index contributed by atoms with van der Waals surface area (Å²) in [4.78, 5) is 40.4. The van der Waals surface area contributed by atoms with Gasteiger partial charge in [0, 0.05) is 41.0 Å². The third-order valence-corrected chi connectivity index (χ3v) is 8.08. The molecule has 0 spiro atoms. The first-order valence-corrected chi connectivity index (χ1v) is 13.2. The van der Waals surface area contributed by atoms with Crippen molar-refractivity contribution in [3.63, 3.8) is 0 Å². The molecule has 0 aliphatic carbocycles. The summed E-state index contributed by atoms with van der Waals surface area (Å²) < 4.78 is 1.53. The fourth-order valence-corrected chi connectivity index (χ4v) is 6.31. The highest BCUT2D eigenvalue weighted by Gasteiger charge is 2.45. The van der Waals surface area contributed by atoms with E-state index >= 15 is 0 Å². The number of nitrogen functional groups attached to an aromatic ring is 1. The summed E-state index contributed by atoms with van der Waals surface area (Å²) in [5.74, 6) is 0.176. The standard InChI is InChI=1S/C27H27N11O2/c1-13-7-21(35-34-13)20-6-3-15(10-29-20)19-11-32-38-24(28)22(14(2)39)23(33-26(19)38)16-8-17-4-5-18(9-16)37(17)27(40)25-30-12-31-36-25/h3,6-7,10-12,16-18H,4-5,8-9,28H2,1-2H3,(H,34,35)(H,30,31,36)/t16-,17+,18-. The lowest BCUT2D eigenvalue weighted by Gasteiger charge is -2.38. The number of ketones is 1. The molecule has 2 fully saturated rings. The van der Waals surface area contributed by atoms with Crippen molar-refractivity contribution in [2.45, 2.75) is 57.5 Å². The molecule has 7 rings (SSSR count). The van der Waals surface area contributed by atoms with E-state index in [0.29, 0.717) is 29.7 Å². The van der Waals surface area contributed by atoms with Crippen LogP contribution in [0.25, 0.3) is 28.2 Å². The number of amides is 1. The first kappa shape index (κ1) is 24.1. The van der Waals surface area contributed by atoms with Gasteiger partial charge in [0.1, 0.15) is 17.8 Å². The number of hydrogen-bond acceptors (Lipinski definition) is 9. The van der Waals surface area contributed by atoms with Crippen LogP contribution in [-0.4, -0.2) is 73.6 Å². The van der Waals surface area contributed by atoms with Gasteiger partial charge in [0.15, 0.2) is 11.4 Å². The number of aryl methyl sites for hydroxylation is 1. The van der Waals surface area contributed by atoms with E-state index in [1.54, 1.807) is 12.4 Å². The third-order valence-electron chi connectivity index (χ3n) is 8.08. The Morgan fingerprint density at radius 2 is 1.90 bits per heavy atom. The summed E-state index contributed by atoms with van der Waals surface area (Å²) in [7, 11) is 0. The van der Waals surface area contributed by atoms with Crippen LogP contribution in [0.4, 0.5) is 5.82 Å². The Kier molecular flexibility index (Phi) is 5.47. The van der Waals surface area contributed by atoms with Crippen LogP contribution < -0.4 is 5.73 Å². The predicted octanol–water partition coefficient (Wildman–Crippen LogP) is 2.94. The van der Waals surface area contributed by atoms with Crippen LogP contribution >= 0.6 is 0 Å². The van der Waals surface area contributed by atoms with Crippen molar-refractivity contribution in [1.29, 1.82) is 0 Å². The predicted molar refractivity (Wildman–Crippen MR) is 144 cm³/mol. The lowest BCUT2D eigenvalue weighted by atomic mass is 9.85. The highest BCUT2D eigenvalue weighted by atomic mass is 16.2. The molecular weight excluding hydrogens is 510 g/mol. The second-order valence-electron chi connectivity index (χ2n) is 10.6. The molecule has 0 unspecified atom stereocenters. The van der Waals surface area contributed by atoms with Gasteiger partial charge in [-0.25, -0.2) is 4.98 Å². The Morgan fingerprint density at radius 1 is 1.10 bits per heavy atom. The maximum absolute atomic E-state index is 13.1. The average Bonchev–Trinajstić information content (AvgIpc) is 3.75. The van der Waals surface area contributed by atoms with Crippen LogP contribution in [0.15, 0.2) is 36.9 Å². The third kappa shape index (κ3) is 3.76. The van der Waals surface area contributed by atoms with E-state index in [1.165, 1.54) is 17.8 Å². The zero-order valence-electron chi connectivity index (χ0n) is 22.0. The number of anilines is 1. The van der Waals surface area contributed by atoms with E-state index in [0.717, 1.165) is 41.1 Å². The lowest BCUT2D eigenvalue weighted by molar-refractivity contribution is 0.0556. The number of nitrogens with zero attached hydrogens (tertiary/aromatic N) is 8. The van der Waals surface area contributed by atoms with Crippen LogP contribution in [0.5, 0.6) is 0 Å². The van der Waals surface area contributed by atoms with Gasteiger partial charge in [0.25, 0.3) is 5.91 Å². The molecule has 0 saturated carbocycles. The smallest absolute Gasteiger partial charge is 0.292 e. The number of nitrogens with two attached hydrogens (primary N) is 1. The van der Waals surface area contributed by atoms with Crippen molar-refractivity contribution in [2.75, 3.05) is 5.73 Å². The number of nitrogens with one attached hydrogen (secondary N) is 2. The van der Waals surface area contributed by atoms with Gasteiger partial charge in [-0.05, 0) is 51.7 Å². The number of aromatic nitrogens is 9. The number of Topliss-reactive ketones (excluding diaryl/α,β-unsaturated/α-hetero) is 1. The minimum absolute atomic E-state index is 0.0206. The molecule has 4 N–H and O–H groups in total. The number of rotatable bonds is 5. The molecule has 5 aromatic heterocycles. The molecule has 0 radical (unpaired) electrons. The van der Waals surface area contributed by atoms with Gasteiger partial charge in [-0.2, -0.15) is 14.7 Å². The molecule has 2 aliphatic rings. The number of pyridine rings is 1. The minimum Gasteiger partial charge on any atom is -0.383 e. The number of hydrogen-bond donors (Lipinski definition) is 3. The molecule has 2 bridgehead atoms. The Morgan fingerprint density at radius 3 is 2.52 bits per heavy atom. The SMILES string of the molecule is CC(=O)c1c([C@H]2C[C@H]3CC[C@@H](C2)N3C(=O)c2nnc[nH]2)nc2c(-c3ccc(-c4cc(C)[nH]n4)nc3)cnn2c1N. The van der Waals surface area contributed by atoms with Crippen molar-refractivity contribution in [3.05, 3.63) is 59.7 Å². The Hall–Kier alpha value is -4.94. The zero-order valence-corrected chi connectivity index (χ0v) is 22.0. The van der Waals surface area contributed by atoms with Gasteiger partial charge >= 0.3 is 0 Å². The van der Waals surface area contributed by atoms with E-state index in [2.05, 4.69) is 35.5 Å². The van der Waals surface area contributed by atoms with Crippen molar-refractivity contribution in [3.8, 4) is 22.5 Å². The highest BCUT2D eigenvalue weighted by molar-refractivity contribution is 6.00. The van der Waals surface area contributed by atoms with Crippen molar-refractivity contribution in [1.82, 2.24) is 49.9 Å². The molecule has 202 valence electrons. The summed E-state index contributed by atoms with van der Waals surface area (Å²) in [6.45, 7) is 3.44. The number of aromatic amines is 2. The minimum atomic E-state index is -0.160. The normalized spacial score (nSPS) is 20.4. The maximum atomic E-state index is 13.1. The molecular formula is C27H27N11O2. The van der Waals surface area contributed by atoms with Crippen molar-refractivity contribution >= 4 is 23.2 Å². The summed E-state index contributed by atoms with van der Waals surface area (Å²) in [6, 6.07) is 5.83. The van der Waals surface area contributed by atoms with Gasteiger partial charge in [0.05, 0.1) is 23.1 Å². The van der Waals surface area contributed by atoms with E-state index in [9.17, 15) is 9.59 Å². The summed E-state index contributed by atoms with van der Waals surface area (Å²) in [5, 5.41) is 19.4. The molecule has 40 heavy (non-hydrogen) atoms. The largest absolute Gasteiger partial charge is 0.383 e. The van der Waals surface area contributed by atoms with Gasteiger partial charge in [-0.1, -0.05) is 6.07 Å². The average molecular weight is 538 g/mol. The Balaban J connectivity index is 1.26. The fourth-order valence-electron chi connectivity index (χ4n) is 6.31. The molecule has 2 saturated heterocycles. The van der Waals surface area contributed by atoms with Crippen molar-refractivity contribution in [2.24, 2.45) is 0 Å². The molecule has 0 aromatic carbocycles. The van der Waals surface area contributed by atoms with E-state index in [4.69, 9.17) is 10.7 Å². The molecule has 1 amide bonds. The molecule has 2 aliphatic heterocycles. The second kappa shape index (κ2) is 9.07. The van der Waals surface area contributed by atoms with Gasteiger partial charge < -0.3 is 15.6 Å². The maximum Gasteiger partial charge on any atom is 0.292 e. The van der Waals surface area contributed by atoms with Crippen LogP contribution in [0, 0.1) is 6.92 Å². The summed E-state index contributed by atoms with van der Waals surface area (Å²) >= 11 is 0. The quantitative estimate of drug-likeness (QED) is 0.284. The first-order valence-electron chi connectivity index (χ1n) is 13.2. The lowest BCUT2D eigenvalue weighted by Crippen LogP contribution is -2.46. The van der Waals surface area contributed by atoms with E-state index < -0.39 is 0 Å². The topological polar surface area (TPSA) is 177 Å². The first-order chi connectivity index (χ1) is 19.4. The van der Waals surface area contributed by atoms with Crippen LogP contribution in [0.1, 0.15) is 70.9 Å². The number of fused-ring (bicyclic) bond motifs is 3. The van der Waals surface area contributed by atoms with Gasteiger partial charge in [-0.15, -0.1) is 10.2 Å². The summed E-state index contributed by atoms with van der Waals surface area (Å²) in [6.07, 6.45) is 8.02. The monoisotopic (exact) mass is 537 g/mol. The van der Waals surface area contributed by atoms with Crippen LogP contribution in [-0.2, 0) is 0 Å². The summed E-state index contributed by atoms with van der Waals surface area (Å²) in [5.41, 5.74) is 12.3. The highest BCUT2D eigenvalue weighted by Crippen LogP contribution is 2.45. The fraction of sp³-hybridized carbons (Fsp3) is 0.333. The van der Waals surface area contributed by atoms with Gasteiger partial charge in [-0.3, -0.25) is 19.7 Å². The number of carbonyl (C=O) groups is 2. The molecule has 13 nitrogen and oxygen atoms in total. The number of carbonyl (C=O) groups excluding carboxylic acids is 2. The molecule has 7 heterocycles. The molecule has 13 heteroatoms. The van der Waals surface area contributed by atoms with Crippen LogP contribution in [0.2, 0.25) is 0 Å². The molecule has 3 atom stereocenters. The van der Waals surface area contributed by atoms with Gasteiger partial charge in [0.2, 0.25) is 5.82 Å². The zero-order chi connectivity index (χ0) is 27.5.